The van der Waals surface area contributed by atoms with Crippen molar-refractivity contribution in [1.29, 1.82) is 0 Å². The van der Waals surface area contributed by atoms with E-state index in [0.717, 1.165) is 11.4 Å². The maximum Gasteiger partial charge on any atom is 0.337 e. The van der Waals surface area contributed by atoms with E-state index in [-0.39, 0.29) is 35.5 Å². The Bertz CT molecular complexity index is 1140. The van der Waals surface area contributed by atoms with Gasteiger partial charge in [0.25, 0.3) is 11.8 Å². The number of furan rings is 1. The smallest absolute Gasteiger partial charge is 0.337 e. The molecule has 2 amide bonds. The normalized spacial score (nSPS) is 32.5. The third kappa shape index (κ3) is 2.65. The van der Waals surface area contributed by atoms with Gasteiger partial charge in [-0.1, -0.05) is 24.3 Å². The molecule has 1 saturated heterocycles. The van der Waals surface area contributed by atoms with Gasteiger partial charge in [0.05, 0.1) is 30.7 Å². The van der Waals surface area contributed by atoms with Gasteiger partial charge in [-0.15, -0.1) is 0 Å². The zero-order valence-electron chi connectivity index (χ0n) is 16.8. The van der Waals surface area contributed by atoms with Gasteiger partial charge in [0.15, 0.2) is 0 Å². The van der Waals surface area contributed by atoms with Gasteiger partial charge < -0.3 is 9.15 Å². The number of imide groups is 1. The van der Waals surface area contributed by atoms with E-state index in [4.69, 9.17) is 9.15 Å². The van der Waals surface area contributed by atoms with E-state index in [9.17, 15) is 14.4 Å². The van der Waals surface area contributed by atoms with Crippen molar-refractivity contribution in [2.45, 2.75) is 6.42 Å². The Balaban J connectivity index is 1.22. The number of methoxy groups -OCH3 is 1. The van der Waals surface area contributed by atoms with E-state index < -0.39 is 5.97 Å². The molecule has 0 radical (unpaired) electrons. The molecule has 0 N–H and O–H groups in total. The number of rotatable bonds is 4. The Labute approximate surface area is 178 Å². The summed E-state index contributed by atoms with van der Waals surface area (Å²) >= 11 is 0. The number of benzene rings is 1. The molecule has 2 heterocycles. The van der Waals surface area contributed by atoms with Crippen LogP contribution in [0.1, 0.15) is 22.5 Å². The van der Waals surface area contributed by atoms with Crippen molar-refractivity contribution in [3.05, 3.63) is 59.9 Å². The molecule has 7 nitrogen and oxygen atoms in total. The van der Waals surface area contributed by atoms with Gasteiger partial charge in [0, 0.05) is 5.56 Å². The number of carbonyl (C=O) groups is 3. The van der Waals surface area contributed by atoms with Crippen LogP contribution < -0.4 is 0 Å². The first-order valence-electron chi connectivity index (χ1n) is 10.5. The van der Waals surface area contributed by atoms with E-state index in [0.29, 0.717) is 34.5 Å². The van der Waals surface area contributed by atoms with E-state index in [2.05, 4.69) is 17.3 Å². The second kappa shape index (κ2) is 6.51. The standard InChI is InChI=1S/C24H20N2O5/c1-30-24(29)13-4-2-3-12(9-13)19-8-5-14(31-19)11-25-26-22(27)20-15-6-7-16(18-10-17(15)18)21(20)23(26)28/h2-9,11,15-18,20-21H,10H2,1H3/b25-11+. The molecular formula is C24H20N2O5. The predicted molar refractivity (Wildman–Crippen MR) is 110 cm³/mol. The number of carbonyl (C=O) groups excluding carboxylic acids is 3. The van der Waals surface area contributed by atoms with Gasteiger partial charge in [0.1, 0.15) is 11.5 Å². The lowest BCUT2D eigenvalue weighted by Crippen LogP contribution is -2.40. The van der Waals surface area contributed by atoms with Crippen LogP contribution in [0.5, 0.6) is 0 Å². The Kier molecular flexibility index (Phi) is 3.84. The van der Waals surface area contributed by atoms with Crippen molar-refractivity contribution in [2.75, 3.05) is 7.11 Å². The molecule has 4 aliphatic carbocycles. The molecule has 31 heavy (non-hydrogen) atoms. The van der Waals surface area contributed by atoms with Crippen LogP contribution in [0.25, 0.3) is 11.3 Å². The van der Waals surface area contributed by atoms with Gasteiger partial charge in [-0.2, -0.15) is 10.1 Å². The average molecular weight is 416 g/mol. The number of hydrazone groups is 1. The summed E-state index contributed by atoms with van der Waals surface area (Å²) in [6.45, 7) is 0. The number of esters is 1. The van der Waals surface area contributed by atoms with Crippen molar-refractivity contribution >= 4 is 24.0 Å². The minimum atomic E-state index is -0.427. The van der Waals surface area contributed by atoms with Crippen molar-refractivity contribution in [2.24, 2.45) is 40.6 Å². The molecule has 5 aliphatic rings. The van der Waals surface area contributed by atoms with Gasteiger partial charge >= 0.3 is 5.97 Å². The summed E-state index contributed by atoms with van der Waals surface area (Å²) in [5.74, 6) is 1.07. The molecule has 6 atom stereocenters. The molecule has 156 valence electrons. The Morgan fingerprint density at radius 1 is 1.10 bits per heavy atom. The molecule has 3 fully saturated rings. The number of ether oxygens (including phenoxy) is 1. The Morgan fingerprint density at radius 3 is 2.48 bits per heavy atom. The lowest BCUT2D eigenvalue weighted by molar-refractivity contribution is -0.140. The molecule has 1 aromatic heterocycles. The Hall–Kier alpha value is -3.48. The summed E-state index contributed by atoms with van der Waals surface area (Å²) in [4.78, 5) is 37.7. The fourth-order valence-corrected chi connectivity index (χ4v) is 5.66. The van der Waals surface area contributed by atoms with Crippen LogP contribution in [-0.2, 0) is 14.3 Å². The van der Waals surface area contributed by atoms with Crippen LogP contribution in [0.15, 0.2) is 58.1 Å². The summed E-state index contributed by atoms with van der Waals surface area (Å²) in [5, 5.41) is 5.23. The third-order valence-corrected chi connectivity index (χ3v) is 7.13. The molecule has 1 aliphatic heterocycles. The number of hydrogen-bond acceptors (Lipinski definition) is 6. The number of allylic oxidation sites excluding steroid dienone is 2. The van der Waals surface area contributed by atoms with Crippen molar-refractivity contribution in [1.82, 2.24) is 5.01 Å². The number of hydrogen-bond donors (Lipinski definition) is 0. The van der Waals surface area contributed by atoms with Crippen LogP contribution in [0.2, 0.25) is 0 Å². The summed E-state index contributed by atoms with van der Waals surface area (Å²) in [6, 6.07) is 10.4. The molecule has 2 bridgehead atoms. The molecule has 6 unspecified atom stereocenters. The molecule has 2 saturated carbocycles. The van der Waals surface area contributed by atoms with Crippen molar-refractivity contribution in [3.63, 3.8) is 0 Å². The van der Waals surface area contributed by atoms with Crippen molar-refractivity contribution < 1.29 is 23.5 Å². The van der Waals surface area contributed by atoms with Gasteiger partial charge in [-0.3, -0.25) is 9.59 Å². The molecule has 7 rings (SSSR count). The van der Waals surface area contributed by atoms with Gasteiger partial charge in [-0.25, -0.2) is 4.79 Å². The van der Waals surface area contributed by atoms with E-state index in [1.54, 1.807) is 30.3 Å². The topological polar surface area (TPSA) is 89.2 Å². The largest absolute Gasteiger partial charge is 0.465 e. The lowest BCUT2D eigenvalue weighted by Gasteiger charge is -2.37. The zero-order chi connectivity index (χ0) is 21.3. The summed E-state index contributed by atoms with van der Waals surface area (Å²) < 4.78 is 10.6. The summed E-state index contributed by atoms with van der Waals surface area (Å²) in [6.07, 6.45) is 6.81. The quantitative estimate of drug-likeness (QED) is 0.331. The van der Waals surface area contributed by atoms with Crippen LogP contribution in [0, 0.1) is 35.5 Å². The highest BCUT2D eigenvalue weighted by molar-refractivity contribution is 6.06. The van der Waals surface area contributed by atoms with Crippen LogP contribution in [0.3, 0.4) is 0 Å². The zero-order valence-corrected chi connectivity index (χ0v) is 16.8. The second-order valence-electron chi connectivity index (χ2n) is 8.66. The minimum absolute atomic E-state index is 0.175. The SMILES string of the molecule is COC(=O)c1cccc(-c2ccc(/C=N/N3C(=O)C4C5C=CC(C6CC56)C4C3=O)o2)c1. The molecular weight excluding hydrogens is 396 g/mol. The fourth-order valence-electron chi connectivity index (χ4n) is 5.66. The third-order valence-electron chi connectivity index (χ3n) is 7.13. The van der Waals surface area contributed by atoms with E-state index in [1.165, 1.54) is 13.3 Å². The second-order valence-corrected chi connectivity index (χ2v) is 8.66. The Morgan fingerprint density at radius 2 is 1.81 bits per heavy atom. The fraction of sp³-hybridized carbons (Fsp3) is 0.333. The van der Waals surface area contributed by atoms with Gasteiger partial charge in [-0.05, 0) is 54.4 Å². The summed E-state index contributed by atoms with van der Waals surface area (Å²) in [5.41, 5.74) is 1.13. The highest BCUT2D eigenvalue weighted by atomic mass is 16.5. The molecule has 0 spiro atoms. The van der Waals surface area contributed by atoms with Crippen LogP contribution in [-0.4, -0.2) is 36.1 Å². The highest BCUT2D eigenvalue weighted by Crippen LogP contribution is 2.65. The van der Waals surface area contributed by atoms with Crippen molar-refractivity contribution in [3.8, 4) is 11.3 Å². The average Bonchev–Trinajstić information content (AvgIpc) is 3.44. The maximum atomic E-state index is 13.0. The minimum Gasteiger partial charge on any atom is -0.465 e. The highest BCUT2D eigenvalue weighted by Gasteiger charge is 2.67. The molecule has 1 aromatic carbocycles. The first kappa shape index (κ1) is 18.3. The number of nitrogens with zero attached hydrogens (tertiary/aromatic N) is 2. The van der Waals surface area contributed by atoms with Crippen LogP contribution >= 0.6 is 0 Å². The number of amides is 2. The first-order valence-corrected chi connectivity index (χ1v) is 10.5. The van der Waals surface area contributed by atoms with Gasteiger partial charge in [0.2, 0.25) is 0 Å². The monoisotopic (exact) mass is 416 g/mol. The molecule has 2 aromatic rings. The molecule has 7 heteroatoms. The predicted octanol–water partition coefficient (Wildman–Crippen LogP) is 3.12. The van der Waals surface area contributed by atoms with E-state index in [1.807, 2.05) is 6.07 Å². The summed E-state index contributed by atoms with van der Waals surface area (Å²) in [7, 11) is 1.33. The van der Waals surface area contributed by atoms with E-state index >= 15 is 0 Å². The first-order chi connectivity index (χ1) is 15.1. The van der Waals surface area contributed by atoms with Crippen LogP contribution in [0.4, 0.5) is 0 Å². The maximum absolute atomic E-state index is 13.0. The lowest BCUT2D eigenvalue weighted by atomic mass is 9.63.